The quantitative estimate of drug-likeness (QED) is 0.532. The molecular formula is C24H19N3O3. The number of carbonyl (C=O) groups is 1. The molecule has 148 valence electrons. The third kappa shape index (κ3) is 4.62. The highest BCUT2D eigenvalue weighted by molar-refractivity contribution is 6.02. The van der Waals surface area contributed by atoms with Gasteiger partial charge in [-0.05, 0) is 29.8 Å². The standard InChI is InChI=1S/C24H19N3O3/c28-22-14-15-27(26-23(22)24(29)25-19-10-5-2-6-11-19)20-12-7-13-21(16-20)30-17-18-8-3-1-4-9-18/h1-16H,17H2,(H,25,29). The largest absolute Gasteiger partial charge is 0.489 e. The Labute approximate surface area is 173 Å². The van der Waals surface area contributed by atoms with Crippen LogP contribution in [0.2, 0.25) is 0 Å². The van der Waals surface area contributed by atoms with Gasteiger partial charge in [0.15, 0.2) is 5.69 Å². The van der Waals surface area contributed by atoms with Crippen LogP contribution in [0.4, 0.5) is 5.69 Å². The Bertz CT molecular complexity index is 1210. The predicted octanol–water partition coefficient (Wildman–Crippen LogP) is 4.06. The monoisotopic (exact) mass is 397 g/mol. The summed E-state index contributed by atoms with van der Waals surface area (Å²) in [6.45, 7) is 0.437. The third-order valence-corrected chi connectivity index (χ3v) is 4.39. The number of hydrogen-bond acceptors (Lipinski definition) is 4. The van der Waals surface area contributed by atoms with Crippen molar-refractivity contribution in [2.75, 3.05) is 5.32 Å². The van der Waals surface area contributed by atoms with Gasteiger partial charge in [0, 0.05) is 24.0 Å². The van der Waals surface area contributed by atoms with E-state index in [9.17, 15) is 9.59 Å². The van der Waals surface area contributed by atoms with E-state index in [0.29, 0.717) is 23.7 Å². The van der Waals surface area contributed by atoms with E-state index in [4.69, 9.17) is 4.74 Å². The van der Waals surface area contributed by atoms with Crippen molar-refractivity contribution >= 4 is 11.6 Å². The molecule has 6 heteroatoms. The Morgan fingerprint density at radius 3 is 2.40 bits per heavy atom. The van der Waals surface area contributed by atoms with Gasteiger partial charge >= 0.3 is 0 Å². The van der Waals surface area contributed by atoms with Crippen LogP contribution in [0.25, 0.3) is 5.69 Å². The first-order valence-corrected chi connectivity index (χ1v) is 9.42. The first kappa shape index (κ1) is 19.1. The van der Waals surface area contributed by atoms with Crippen LogP contribution >= 0.6 is 0 Å². The minimum Gasteiger partial charge on any atom is -0.489 e. The van der Waals surface area contributed by atoms with E-state index in [2.05, 4.69) is 10.4 Å². The topological polar surface area (TPSA) is 73.2 Å². The van der Waals surface area contributed by atoms with Gasteiger partial charge in [0.25, 0.3) is 5.91 Å². The van der Waals surface area contributed by atoms with Crippen molar-refractivity contribution in [1.82, 2.24) is 9.78 Å². The number of nitrogens with zero attached hydrogens (tertiary/aromatic N) is 2. The molecule has 0 fully saturated rings. The molecule has 0 aliphatic carbocycles. The van der Waals surface area contributed by atoms with E-state index < -0.39 is 11.3 Å². The zero-order chi connectivity index (χ0) is 20.8. The fourth-order valence-corrected chi connectivity index (χ4v) is 2.88. The van der Waals surface area contributed by atoms with Gasteiger partial charge in [-0.25, -0.2) is 4.68 Å². The SMILES string of the molecule is O=C(Nc1ccccc1)c1nn(-c2cccc(OCc3ccccc3)c2)ccc1=O. The Balaban J connectivity index is 1.55. The molecule has 4 rings (SSSR count). The number of ether oxygens (including phenoxy) is 1. The number of carbonyl (C=O) groups excluding carboxylic acids is 1. The summed E-state index contributed by atoms with van der Waals surface area (Å²) in [5, 5.41) is 6.92. The van der Waals surface area contributed by atoms with Gasteiger partial charge in [0.05, 0.1) is 5.69 Å². The average Bonchev–Trinajstić information content (AvgIpc) is 2.79. The van der Waals surface area contributed by atoms with E-state index in [1.54, 1.807) is 30.3 Å². The normalized spacial score (nSPS) is 10.4. The number of hydrogen-bond donors (Lipinski definition) is 1. The summed E-state index contributed by atoms with van der Waals surface area (Å²) in [4.78, 5) is 24.7. The number of benzene rings is 3. The van der Waals surface area contributed by atoms with Crippen molar-refractivity contribution in [1.29, 1.82) is 0 Å². The van der Waals surface area contributed by atoms with Crippen LogP contribution in [0.5, 0.6) is 5.75 Å². The minimum atomic E-state index is -0.558. The highest BCUT2D eigenvalue weighted by Gasteiger charge is 2.14. The van der Waals surface area contributed by atoms with Gasteiger partial charge in [0.2, 0.25) is 5.43 Å². The number of nitrogens with one attached hydrogen (secondary N) is 1. The van der Waals surface area contributed by atoms with Crippen LogP contribution in [0, 0.1) is 0 Å². The summed E-state index contributed by atoms with van der Waals surface area (Å²) >= 11 is 0. The molecule has 0 aliphatic rings. The zero-order valence-corrected chi connectivity index (χ0v) is 16.1. The van der Waals surface area contributed by atoms with Crippen LogP contribution in [-0.4, -0.2) is 15.7 Å². The number of aromatic nitrogens is 2. The van der Waals surface area contributed by atoms with Crippen molar-refractivity contribution in [3.8, 4) is 11.4 Å². The van der Waals surface area contributed by atoms with Gasteiger partial charge in [-0.2, -0.15) is 5.10 Å². The molecule has 1 heterocycles. The molecule has 1 aromatic heterocycles. The van der Waals surface area contributed by atoms with Crippen LogP contribution in [0.3, 0.4) is 0 Å². The molecule has 1 amide bonds. The van der Waals surface area contributed by atoms with E-state index in [-0.39, 0.29) is 5.69 Å². The number of para-hydroxylation sites is 1. The molecule has 1 N–H and O–H groups in total. The summed E-state index contributed by atoms with van der Waals surface area (Å²) in [5.41, 5.74) is 1.70. The fourth-order valence-electron chi connectivity index (χ4n) is 2.88. The van der Waals surface area contributed by atoms with Crippen LogP contribution < -0.4 is 15.5 Å². The van der Waals surface area contributed by atoms with E-state index in [1.165, 1.54) is 16.9 Å². The zero-order valence-electron chi connectivity index (χ0n) is 16.1. The maximum absolute atomic E-state index is 12.5. The molecule has 0 atom stereocenters. The molecule has 30 heavy (non-hydrogen) atoms. The number of amides is 1. The van der Waals surface area contributed by atoms with Crippen molar-refractivity contribution in [2.45, 2.75) is 6.61 Å². The maximum Gasteiger partial charge on any atom is 0.280 e. The summed E-state index contributed by atoms with van der Waals surface area (Å²) in [7, 11) is 0. The highest BCUT2D eigenvalue weighted by atomic mass is 16.5. The lowest BCUT2D eigenvalue weighted by atomic mass is 10.2. The molecule has 0 radical (unpaired) electrons. The summed E-state index contributed by atoms with van der Waals surface area (Å²) in [6.07, 6.45) is 1.53. The minimum absolute atomic E-state index is 0.183. The molecule has 0 saturated heterocycles. The lowest BCUT2D eigenvalue weighted by Gasteiger charge is -2.11. The molecule has 0 bridgehead atoms. The lowest BCUT2D eigenvalue weighted by molar-refractivity contribution is 0.101. The lowest BCUT2D eigenvalue weighted by Crippen LogP contribution is -2.25. The second-order valence-corrected chi connectivity index (χ2v) is 6.56. The van der Waals surface area contributed by atoms with Crippen molar-refractivity contribution in [2.24, 2.45) is 0 Å². The molecule has 6 nitrogen and oxygen atoms in total. The van der Waals surface area contributed by atoms with E-state index in [0.717, 1.165) is 5.56 Å². The van der Waals surface area contributed by atoms with Crippen LogP contribution in [-0.2, 0) is 6.61 Å². The summed E-state index contributed by atoms with van der Waals surface area (Å²) in [5.74, 6) is 0.101. The smallest absolute Gasteiger partial charge is 0.280 e. The van der Waals surface area contributed by atoms with Gasteiger partial charge in [-0.3, -0.25) is 9.59 Å². The first-order chi connectivity index (χ1) is 14.7. The van der Waals surface area contributed by atoms with Crippen LogP contribution in [0.1, 0.15) is 16.1 Å². The first-order valence-electron chi connectivity index (χ1n) is 9.42. The van der Waals surface area contributed by atoms with Crippen molar-refractivity contribution in [3.63, 3.8) is 0 Å². The Morgan fingerprint density at radius 2 is 1.63 bits per heavy atom. The molecule has 0 spiro atoms. The molecule has 4 aromatic rings. The maximum atomic E-state index is 12.5. The van der Waals surface area contributed by atoms with Gasteiger partial charge in [0.1, 0.15) is 12.4 Å². The average molecular weight is 397 g/mol. The van der Waals surface area contributed by atoms with E-state index in [1.807, 2.05) is 54.6 Å². The molecule has 0 aliphatic heterocycles. The third-order valence-electron chi connectivity index (χ3n) is 4.39. The molecule has 0 unspecified atom stereocenters. The van der Waals surface area contributed by atoms with E-state index >= 15 is 0 Å². The summed E-state index contributed by atoms with van der Waals surface area (Å²) in [6, 6.07) is 27.4. The number of anilines is 1. The Morgan fingerprint density at radius 1 is 0.900 bits per heavy atom. The second kappa shape index (κ2) is 8.87. The predicted molar refractivity (Wildman–Crippen MR) is 115 cm³/mol. The Hall–Kier alpha value is -4.19. The van der Waals surface area contributed by atoms with Gasteiger partial charge in [-0.1, -0.05) is 54.6 Å². The fraction of sp³-hybridized carbons (Fsp3) is 0.0417. The van der Waals surface area contributed by atoms with Gasteiger partial charge < -0.3 is 10.1 Å². The van der Waals surface area contributed by atoms with Crippen molar-refractivity contribution in [3.05, 3.63) is 119 Å². The summed E-state index contributed by atoms with van der Waals surface area (Å²) < 4.78 is 7.34. The number of rotatable bonds is 6. The molecule has 0 saturated carbocycles. The van der Waals surface area contributed by atoms with Crippen molar-refractivity contribution < 1.29 is 9.53 Å². The highest BCUT2D eigenvalue weighted by Crippen LogP contribution is 2.17. The second-order valence-electron chi connectivity index (χ2n) is 6.56. The Kier molecular flexibility index (Phi) is 5.66. The van der Waals surface area contributed by atoms with Gasteiger partial charge in [-0.15, -0.1) is 0 Å². The molecule has 3 aromatic carbocycles. The van der Waals surface area contributed by atoms with Crippen LogP contribution in [0.15, 0.2) is 102 Å². The molecular weight excluding hydrogens is 378 g/mol.